The third kappa shape index (κ3) is 3.51. The summed E-state index contributed by atoms with van der Waals surface area (Å²) in [6, 6.07) is 11.1. The first kappa shape index (κ1) is 23.6. The van der Waals surface area contributed by atoms with Crippen molar-refractivity contribution in [1.29, 1.82) is 0 Å². The number of alkyl halides is 6. The summed E-state index contributed by atoms with van der Waals surface area (Å²) in [6.45, 7) is 0.982. The summed E-state index contributed by atoms with van der Waals surface area (Å²) in [7, 11) is 0.523. The predicted molar refractivity (Wildman–Crippen MR) is 95.7 cm³/mol. The van der Waals surface area contributed by atoms with Crippen LogP contribution in [0.3, 0.4) is 0 Å². The Kier molecular flexibility index (Phi) is 6.46. The van der Waals surface area contributed by atoms with Crippen molar-refractivity contribution in [3.63, 3.8) is 0 Å². The second-order valence-electron chi connectivity index (χ2n) is 6.53. The van der Waals surface area contributed by atoms with Crippen LogP contribution in [0.2, 0.25) is 0 Å². The number of hydrogen-bond acceptors (Lipinski definition) is 3. The molecule has 0 saturated carbocycles. The van der Waals surface area contributed by atoms with Crippen molar-refractivity contribution in [3.05, 3.63) is 71.8 Å². The lowest BCUT2D eigenvalue weighted by Gasteiger charge is -2.38. The second kappa shape index (κ2) is 8.22. The molecule has 162 valence electrons. The number of methoxy groups -OCH3 is 1. The summed E-state index contributed by atoms with van der Waals surface area (Å²) in [5.41, 5.74) is -8.77. The van der Waals surface area contributed by atoms with Crippen molar-refractivity contribution < 1.29 is 40.7 Å². The minimum atomic E-state index is -5.50. The van der Waals surface area contributed by atoms with Crippen LogP contribution >= 0.6 is 0 Å². The van der Waals surface area contributed by atoms with Crippen LogP contribution in [0.25, 0.3) is 0 Å². The number of carbonyl (C=O) groups excluding carboxylic acids is 2. The van der Waals surface area contributed by atoms with Crippen LogP contribution in [0.15, 0.2) is 60.7 Å². The average molecular weight is 432 g/mol. The van der Waals surface area contributed by atoms with Crippen LogP contribution in [0, 0.1) is 0 Å². The first-order valence-electron chi connectivity index (χ1n) is 8.79. The zero-order valence-corrected chi connectivity index (χ0v) is 16.0. The Hall–Kier alpha value is -2.68. The SMILES string of the molecule is CCC(C(=O)C(=O)C(OC)(c1ccccc1)C(F)(F)F)(c1ccccc1)C(F)(F)F. The lowest BCUT2D eigenvalue weighted by molar-refractivity contribution is -0.265. The molecule has 2 unspecified atom stereocenters. The van der Waals surface area contributed by atoms with Crippen LogP contribution in [-0.4, -0.2) is 31.0 Å². The normalized spacial score (nSPS) is 16.4. The van der Waals surface area contributed by atoms with Crippen molar-refractivity contribution in [2.24, 2.45) is 0 Å². The van der Waals surface area contributed by atoms with Crippen LogP contribution in [0.5, 0.6) is 0 Å². The fourth-order valence-corrected chi connectivity index (χ4v) is 3.49. The number of halogens is 6. The molecule has 2 rings (SSSR count). The van der Waals surface area contributed by atoms with Crippen LogP contribution in [-0.2, 0) is 25.3 Å². The van der Waals surface area contributed by atoms with E-state index in [2.05, 4.69) is 4.74 Å². The van der Waals surface area contributed by atoms with Gasteiger partial charge in [-0.1, -0.05) is 67.6 Å². The third-order valence-electron chi connectivity index (χ3n) is 5.08. The maximum atomic E-state index is 14.2. The smallest absolute Gasteiger partial charge is 0.357 e. The molecule has 0 radical (unpaired) electrons. The number of rotatable bonds is 7. The van der Waals surface area contributed by atoms with Gasteiger partial charge in [0.05, 0.1) is 0 Å². The van der Waals surface area contributed by atoms with Gasteiger partial charge in [0.1, 0.15) is 0 Å². The molecule has 0 aliphatic heterocycles. The topological polar surface area (TPSA) is 43.4 Å². The lowest BCUT2D eigenvalue weighted by Crippen LogP contribution is -2.60. The van der Waals surface area contributed by atoms with Gasteiger partial charge in [-0.05, 0) is 12.0 Å². The maximum absolute atomic E-state index is 14.2. The Balaban J connectivity index is 2.80. The minimum absolute atomic E-state index is 0.523. The van der Waals surface area contributed by atoms with Gasteiger partial charge in [0.2, 0.25) is 11.6 Å². The first-order valence-corrected chi connectivity index (χ1v) is 8.79. The molecule has 0 saturated heterocycles. The molecule has 0 aliphatic rings. The summed E-state index contributed by atoms with van der Waals surface area (Å²) in [5, 5.41) is 0. The number of hydrogen-bond donors (Lipinski definition) is 0. The molecular formula is C21H18F6O3. The van der Waals surface area contributed by atoms with Crippen LogP contribution in [0.1, 0.15) is 24.5 Å². The highest BCUT2D eigenvalue weighted by molar-refractivity contribution is 6.43. The molecule has 0 N–H and O–H groups in total. The largest absolute Gasteiger partial charge is 0.429 e. The Bertz CT molecular complexity index is 817. The fraction of sp³-hybridized carbons (Fsp3) is 0.333. The summed E-state index contributed by atoms with van der Waals surface area (Å²) >= 11 is 0. The fourth-order valence-electron chi connectivity index (χ4n) is 3.49. The van der Waals surface area contributed by atoms with Gasteiger partial charge < -0.3 is 4.74 Å². The second-order valence-corrected chi connectivity index (χ2v) is 6.53. The van der Waals surface area contributed by atoms with E-state index in [9.17, 15) is 35.9 Å². The van der Waals surface area contributed by atoms with E-state index in [0.29, 0.717) is 7.11 Å². The molecule has 0 aliphatic carbocycles. The van der Waals surface area contributed by atoms with E-state index in [1.165, 1.54) is 24.3 Å². The van der Waals surface area contributed by atoms with Crippen LogP contribution in [0.4, 0.5) is 26.3 Å². The highest BCUT2D eigenvalue weighted by atomic mass is 19.4. The minimum Gasteiger partial charge on any atom is -0.357 e. The van der Waals surface area contributed by atoms with E-state index in [4.69, 9.17) is 0 Å². The number of ether oxygens (including phenoxy) is 1. The van der Waals surface area contributed by atoms with Crippen molar-refractivity contribution in [2.75, 3.05) is 7.11 Å². The Morgan fingerprint density at radius 2 is 1.17 bits per heavy atom. The third-order valence-corrected chi connectivity index (χ3v) is 5.08. The quantitative estimate of drug-likeness (QED) is 0.450. The highest BCUT2D eigenvalue weighted by Gasteiger charge is 2.70. The zero-order chi connectivity index (χ0) is 22.8. The van der Waals surface area contributed by atoms with E-state index < -0.39 is 52.5 Å². The monoisotopic (exact) mass is 432 g/mol. The van der Waals surface area contributed by atoms with Gasteiger partial charge in [-0.3, -0.25) is 9.59 Å². The van der Waals surface area contributed by atoms with E-state index in [-0.39, 0.29) is 0 Å². The van der Waals surface area contributed by atoms with Gasteiger partial charge in [-0.15, -0.1) is 0 Å². The summed E-state index contributed by atoms with van der Waals surface area (Å²) in [6.07, 6.45) is -11.8. The van der Waals surface area contributed by atoms with Gasteiger partial charge in [0.15, 0.2) is 5.41 Å². The first-order chi connectivity index (χ1) is 13.9. The van der Waals surface area contributed by atoms with Crippen molar-refractivity contribution in [1.82, 2.24) is 0 Å². The van der Waals surface area contributed by atoms with Gasteiger partial charge in [0.25, 0.3) is 5.60 Å². The molecule has 2 atom stereocenters. The molecule has 2 aromatic rings. The predicted octanol–water partition coefficient (Wildman–Crippen LogP) is 5.14. The molecule has 9 heteroatoms. The number of benzene rings is 2. The molecule has 30 heavy (non-hydrogen) atoms. The molecule has 0 aromatic heterocycles. The summed E-state index contributed by atoms with van der Waals surface area (Å²) < 4.78 is 89.3. The molecule has 0 spiro atoms. The van der Waals surface area contributed by atoms with E-state index in [1.54, 1.807) is 0 Å². The van der Waals surface area contributed by atoms with Crippen molar-refractivity contribution in [3.8, 4) is 0 Å². The Labute approximate surface area is 168 Å². The molecule has 2 aromatic carbocycles. The van der Waals surface area contributed by atoms with E-state index >= 15 is 0 Å². The highest BCUT2D eigenvalue weighted by Crippen LogP contribution is 2.49. The van der Waals surface area contributed by atoms with Gasteiger partial charge in [-0.25, -0.2) is 0 Å². The van der Waals surface area contributed by atoms with Gasteiger partial charge in [-0.2, -0.15) is 26.3 Å². The molecule has 0 heterocycles. The Morgan fingerprint density at radius 3 is 1.50 bits per heavy atom. The lowest BCUT2D eigenvalue weighted by atomic mass is 9.69. The number of ketones is 2. The standard InChI is InChI=1S/C21H18F6O3/c1-3-18(20(22,23)24,14-10-6-4-7-11-14)16(28)17(29)19(30-2,21(25,26)27)15-12-8-5-9-13-15/h4-13H,3H2,1-2H3. The average Bonchev–Trinajstić information content (AvgIpc) is 2.69. The van der Waals surface area contributed by atoms with Crippen molar-refractivity contribution in [2.45, 2.75) is 36.7 Å². The van der Waals surface area contributed by atoms with E-state index in [1.807, 2.05) is 0 Å². The molecule has 3 nitrogen and oxygen atoms in total. The number of carbonyl (C=O) groups is 2. The van der Waals surface area contributed by atoms with Crippen LogP contribution < -0.4 is 0 Å². The molecular weight excluding hydrogens is 414 g/mol. The summed E-state index contributed by atoms with van der Waals surface area (Å²) in [5.74, 6) is -4.58. The Morgan fingerprint density at radius 1 is 0.733 bits per heavy atom. The zero-order valence-electron chi connectivity index (χ0n) is 16.0. The molecule has 0 fully saturated rings. The molecule has 0 amide bonds. The van der Waals surface area contributed by atoms with Gasteiger partial charge >= 0.3 is 12.4 Å². The van der Waals surface area contributed by atoms with E-state index in [0.717, 1.165) is 43.3 Å². The van der Waals surface area contributed by atoms with Gasteiger partial charge in [0, 0.05) is 12.7 Å². The summed E-state index contributed by atoms with van der Waals surface area (Å²) in [4.78, 5) is 26.0. The number of Topliss-reactive ketones (excluding diaryl/α,β-unsaturated/α-hetero) is 2. The van der Waals surface area contributed by atoms with Crippen molar-refractivity contribution >= 4 is 11.6 Å². The maximum Gasteiger partial charge on any atom is 0.429 e. The molecule has 0 bridgehead atoms.